The molecular formula is C16H14F3N5O. The highest BCUT2D eigenvalue weighted by Crippen LogP contribution is 2.31. The lowest BCUT2D eigenvalue weighted by atomic mass is 10.2. The number of hydrogen-bond donors (Lipinski definition) is 1. The first-order chi connectivity index (χ1) is 11.9. The Balaban J connectivity index is 1.60. The Bertz CT molecular complexity index is 828. The molecule has 0 amide bonds. The lowest BCUT2D eigenvalue weighted by Crippen LogP contribution is -2.05. The Kier molecular flexibility index (Phi) is 4.55. The number of nitrogens with zero attached hydrogens (tertiary/aromatic N) is 4. The van der Waals surface area contributed by atoms with Crippen LogP contribution in [0, 0.1) is 0 Å². The fraction of sp³-hybridized carbons (Fsp3) is 0.188. The number of aromatic nitrogens is 4. The molecule has 0 saturated heterocycles. The van der Waals surface area contributed by atoms with Crippen LogP contribution in [0.1, 0.15) is 11.3 Å². The Morgan fingerprint density at radius 3 is 2.40 bits per heavy atom. The van der Waals surface area contributed by atoms with Crippen LogP contribution in [0.25, 0.3) is 0 Å². The predicted octanol–water partition coefficient (Wildman–Crippen LogP) is 3.63. The number of nitrogens with one attached hydrogen (secondary N) is 1. The molecule has 0 aliphatic heterocycles. The second-order valence-corrected chi connectivity index (χ2v) is 5.21. The molecule has 2 aromatic heterocycles. The Morgan fingerprint density at radius 1 is 1.08 bits per heavy atom. The van der Waals surface area contributed by atoms with Crippen LogP contribution >= 0.6 is 0 Å². The minimum Gasteiger partial charge on any atom is -0.439 e. The van der Waals surface area contributed by atoms with Crippen LogP contribution in [0.4, 0.5) is 18.9 Å². The number of anilines is 1. The van der Waals surface area contributed by atoms with Crippen molar-refractivity contribution in [2.24, 2.45) is 7.05 Å². The predicted molar refractivity (Wildman–Crippen MR) is 84.1 cm³/mol. The Labute approximate surface area is 141 Å². The van der Waals surface area contributed by atoms with E-state index in [0.717, 1.165) is 23.5 Å². The summed E-state index contributed by atoms with van der Waals surface area (Å²) in [5, 5.41) is 10.8. The van der Waals surface area contributed by atoms with Gasteiger partial charge in [-0.3, -0.25) is 4.68 Å². The molecule has 130 valence electrons. The number of alkyl halides is 3. The first kappa shape index (κ1) is 16.7. The average Bonchev–Trinajstić information content (AvgIpc) is 2.99. The number of aryl methyl sites for hydroxylation is 1. The van der Waals surface area contributed by atoms with Crippen LogP contribution in [0.5, 0.6) is 11.6 Å². The third-order valence-corrected chi connectivity index (χ3v) is 3.42. The summed E-state index contributed by atoms with van der Waals surface area (Å²) in [7, 11) is 1.79. The molecule has 3 rings (SSSR count). The Hall–Kier alpha value is -3.10. The summed E-state index contributed by atoms with van der Waals surface area (Å²) in [5.74, 6) is 0.565. The number of rotatable bonds is 5. The molecule has 0 unspecified atom stereocenters. The fourth-order valence-electron chi connectivity index (χ4n) is 2.04. The first-order valence-corrected chi connectivity index (χ1v) is 7.30. The Morgan fingerprint density at radius 2 is 1.84 bits per heavy atom. The van der Waals surface area contributed by atoms with Gasteiger partial charge in [0.2, 0.25) is 5.88 Å². The normalized spacial score (nSPS) is 11.4. The molecule has 9 heteroatoms. The van der Waals surface area contributed by atoms with E-state index in [1.54, 1.807) is 36.3 Å². The van der Waals surface area contributed by atoms with E-state index in [1.807, 2.05) is 0 Å². The molecule has 0 fully saturated rings. The van der Waals surface area contributed by atoms with E-state index in [2.05, 4.69) is 20.6 Å². The molecule has 0 aliphatic carbocycles. The van der Waals surface area contributed by atoms with Gasteiger partial charge >= 0.3 is 6.18 Å². The quantitative estimate of drug-likeness (QED) is 0.762. The zero-order valence-electron chi connectivity index (χ0n) is 13.2. The highest BCUT2D eigenvalue weighted by atomic mass is 19.4. The maximum atomic E-state index is 12.5. The van der Waals surface area contributed by atoms with Crippen molar-refractivity contribution in [3.05, 3.63) is 60.0 Å². The maximum absolute atomic E-state index is 12.5. The largest absolute Gasteiger partial charge is 0.439 e. The fourth-order valence-corrected chi connectivity index (χ4v) is 2.04. The van der Waals surface area contributed by atoms with Crippen molar-refractivity contribution in [2.45, 2.75) is 12.7 Å². The van der Waals surface area contributed by atoms with E-state index in [9.17, 15) is 13.2 Å². The molecule has 1 aromatic carbocycles. The van der Waals surface area contributed by atoms with Crippen molar-refractivity contribution in [3.63, 3.8) is 0 Å². The average molecular weight is 349 g/mol. The van der Waals surface area contributed by atoms with Gasteiger partial charge in [-0.15, -0.1) is 5.10 Å². The molecule has 3 aromatic rings. The van der Waals surface area contributed by atoms with E-state index in [4.69, 9.17) is 4.74 Å². The van der Waals surface area contributed by atoms with E-state index >= 15 is 0 Å². The van der Waals surface area contributed by atoms with Gasteiger partial charge in [-0.2, -0.15) is 13.2 Å². The van der Waals surface area contributed by atoms with Crippen LogP contribution in [0.2, 0.25) is 0 Å². The van der Waals surface area contributed by atoms with Crippen molar-refractivity contribution in [1.82, 2.24) is 20.0 Å². The molecular weight excluding hydrogens is 335 g/mol. The van der Waals surface area contributed by atoms with E-state index < -0.39 is 11.7 Å². The molecule has 0 radical (unpaired) electrons. The zero-order chi connectivity index (χ0) is 17.9. The highest BCUT2D eigenvalue weighted by Gasteiger charge is 2.30. The van der Waals surface area contributed by atoms with Crippen LogP contribution in [-0.2, 0) is 19.8 Å². The van der Waals surface area contributed by atoms with Gasteiger partial charge in [0.1, 0.15) is 5.75 Å². The monoisotopic (exact) mass is 349 g/mol. The van der Waals surface area contributed by atoms with Gasteiger partial charge in [-0.1, -0.05) is 5.21 Å². The summed E-state index contributed by atoms with van der Waals surface area (Å²) in [6, 6.07) is 7.83. The van der Waals surface area contributed by atoms with Gasteiger partial charge in [0.25, 0.3) is 0 Å². The molecule has 0 saturated carbocycles. The summed E-state index contributed by atoms with van der Waals surface area (Å²) in [6.07, 6.45) is -1.14. The van der Waals surface area contributed by atoms with Crippen molar-refractivity contribution < 1.29 is 17.9 Å². The van der Waals surface area contributed by atoms with Gasteiger partial charge in [-0.05, 0) is 30.3 Å². The van der Waals surface area contributed by atoms with Crippen LogP contribution in [0.15, 0.2) is 48.8 Å². The van der Waals surface area contributed by atoms with Gasteiger partial charge in [0.15, 0.2) is 0 Å². The molecule has 0 spiro atoms. The third-order valence-electron chi connectivity index (χ3n) is 3.42. The number of hydrogen-bond acceptors (Lipinski definition) is 5. The summed E-state index contributed by atoms with van der Waals surface area (Å²) < 4.78 is 44.7. The number of pyridine rings is 1. The van der Waals surface area contributed by atoms with Gasteiger partial charge in [0, 0.05) is 13.1 Å². The van der Waals surface area contributed by atoms with Crippen LogP contribution in [0.3, 0.4) is 0 Å². The van der Waals surface area contributed by atoms with Crippen molar-refractivity contribution >= 4 is 5.69 Å². The van der Waals surface area contributed by atoms with Crippen LogP contribution < -0.4 is 10.1 Å². The van der Waals surface area contributed by atoms with Crippen molar-refractivity contribution in [1.29, 1.82) is 0 Å². The minimum absolute atomic E-state index is 0.280. The number of benzene rings is 1. The minimum atomic E-state index is -4.37. The van der Waals surface area contributed by atoms with Crippen molar-refractivity contribution in [3.8, 4) is 11.6 Å². The topological polar surface area (TPSA) is 64.9 Å². The van der Waals surface area contributed by atoms with Crippen molar-refractivity contribution in [2.75, 3.05) is 5.32 Å². The van der Waals surface area contributed by atoms with Gasteiger partial charge in [-0.25, -0.2) is 4.98 Å². The molecule has 0 atom stereocenters. The summed E-state index contributed by atoms with van der Waals surface area (Å²) in [4.78, 5) is 4.12. The summed E-state index contributed by atoms with van der Waals surface area (Å²) in [6.45, 7) is 0.532. The standard InChI is InChI=1S/C16H14F3N5O/c1-24-13(10-22-23-24)9-20-12-4-7-15(21-8-12)25-14-5-2-11(3-6-14)16(17,18)19/h2-8,10,20H,9H2,1H3. The molecule has 25 heavy (non-hydrogen) atoms. The lowest BCUT2D eigenvalue weighted by Gasteiger charge is -2.09. The smallest absolute Gasteiger partial charge is 0.416 e. The van der Waals surface area contributed by atoms with Gasteiger partial charge < -0.3 is 10.1 Å². The molecule has 1 N–H and O–H groups in total. The second-order valence-electron chi connectivity index (χ2n) is 5.21. The second kappa shape index (κ2) is 6.80. The zero-order valence-corrected chi connectivity index (χ0v) is 13.2. The summed E-state index contributed by atoms with van der Waals surface area (Å²) in [5.41, 5.74) is 0.947. The van der Waals surface area contributed by atoms with E-state index in [-0.39, 0.29) is 11.6 Å². The van der Waals surface area contributed by atoms with E-state index in [0.29, 0.717) is 6.54 Å². The molecule has 6 nitrogen and oxygen atoms in total. The van der Waals surface area contributed by atoms with Crippen LogP contribution in [-0.4, -0.2) is 20.0 Å². The third kappa shape index (κ3) is 4.25. The molecule has 0 bridgehead atoms. The highest BCUT2D eigenvalue weighted by molar-refractivity contribution is 5.43. The van der Waals surface area contributed by atoms with Gasteiger partial charge in [0.05, 0.1) is 35.9 Å². The molecule has 0 aliphatic rings. The summed E-state index contributed by atoms with van der Waals surface area (Å²) >= 11 is 0. The number of halogens is 3. The SMILES string of the molecule is Cn1nncc1CNc1ccc(Oc2ccc(C(F)(F)F)cc2)nc1. The van der Waals surface area contributed by atoms with E-state index in [1.165, 1.54) is 12.1 Å². The first-order valence-electron chi connectivity index (χ1n) is 7.30. The number of ether oxygens (including phenoxy) is 1. The molecule has 2 heterocycles. The maximum Gasteiger partial charge on any atom is 0.416 e. The lowest BCUT2D eigenvalue weighted by molar-refractivity contribution is -0.137.